The van der Waals surface area contributed by atoms with Crippen LogP contribution in [-0.2, 0) is 11.2 Å². The van der Waals surface area contributed by atoms with E-state index >= 15 is 0 Å². The molecule has 2 unspecified atom stereocenters. The van der Waals surface area contributed by atoms with Crippen molar-refractivity contribution in [2.45, 2.75) is 25.0 Å². The van der Waals surface area contributed by atoms with E-state index in [9.17, 15) is 0 Å². The van der Waals surface area contributed by atoms with Crippen molar-refractivity contribution >= 4 is 15.9 Å². The van der Waals surface area contributed by atoms with Crippen LogP contribution in [0.3, 0.4) is 0 Å². The zero-order valence-electron chi connectivity index (χ0n) is 11.2. The second-order valence-corrected chi connectivity index (χ2v) is 6.30. The number of fused-ring (bicyclic) bond motifs is 3. The van der Waals surface area contributed by atoms with Crippen LogP contribution in [0, 0.1) is 0 Å². The lowest BCUT2D eigenvalue weighted by molar-refractivity contribution is 0.117. The molecule has 0 bridgehead atoms. The molecule has 2 N–H and O–H groups in total. The highest BCUT2D eigenvalue weighted by Gasteiger charge is 2.30. The lowest BCUT2D eigenvalue weighted by Crippen LogP contribution is -2.16. The van der Waals surface area contributed by atoms with Gasteiger partial charge in [0.15, 0.2) is 0 Å². The number of imidazole rings is 1. The second kappa shape index (κ2) is 4.69. The second-order valence-electron chi connectivity index (χ2n) is 5.45. The summed E-state index contributed by atoms with van der Waals surface area (Å²) < 4.78 is 6.57. The summed E-state index contributed by atoms with van der Waals surface area (Å²) in [4.78, 5) is 8.33. The van der Waals surface area contributed by atoms with E-state index in [0.29, 0.717) is 6.10 Å². The van der Waals surface area contributed by atoms with Gasteiger partial charge in [-0.25, -0.2) is 4.98 Å². The number of benzene rings is 1. The van der Waals surface area contributed by atoms with Gasteiger partial charge >= 0.3 is 0 Å². The lowest BCUT2D eigenvalue weighted by Gasteiger charge is -2.07. The molecule has 2 aromatic rings. The Kier molecular flexibility index (Phi) is 2.94. The fourth-order valence-corrected chi connectivity index (χ4v) is 3.68. The Morgan fingerprint density at radius 2 is 2.30 bits per heavy atom. The minimum absolute atomic E-state index is 0.279. The first-order chi connectivity index (χ1) is 9.76. The van der Waals surface area contributed by atoms with Gasteiger partial charge in [0.2, 0.25) is 0 Å². The molecular weight excluding hydrogens is 318 g/mol. The largest absolute Gasteiger partial charge is 0.380 e. The molecule has 2 heterocycles. The summed E-state index contributed by atoms with van der Waals surface area (Å²) in [5, 5.41) is 3.47. The van der Waals surface area contributed by atoms with E-state index in [1.54, 1.807) is 7.11 Å². The molecule has 1 fully saturated rings. The molecule has 1 aliphatic heterocycles. The quantitative estimate of drug-likeness (QED) is 0.758. The molecule has 4 nitrogen and oxygen atoms in total. The number of nitrogens with zero attached hydrogens (tertiary/aromatic N) is 1. The van der Waals surface area contributed by atoms with Crippen LogP contribution in [0.4, 0.5) is 0 Å². The van der Waals surface area contributed by atoms with Crippen LogP contribution in [-0.4, -0.2) is 29.7 Å². The normalized spacial score (nSPS) is 23.9. The third kappa shape index (κ3) is 1.84. The first-order valence-corrected chi connectivity index (χ1v) is 7.68. The highest BCUT2D eigenvalue weighted by atomic mass is 79.9. The maximum atomic E-state index is 5.40. The third-order valence-corrected chi connectivity index (χ3v) is 5.02. The van der Waals surface area contributed by atoms with Gasteiger partial charge in [-0.05, 0) is 18.1 Å². The van der Waals surface area contributed by atoms with Crippen molar-refractivity contribution in [2.24, 2.45) is 0 Å². The highest BCUT2D eigenvalue weighted by molar-refractivity contribution is 9.10. The van der Waals surface area contributed by atoms with Crippen LogP contribution in [0.15, 0.2) is 22.7 Å². The third-order valence-electron chi connectivity index (χ3n) is 4.28. The molecule has 0 amide bonds. The van der Waals surface area contributed by atoms with Gasteiger partial charge in [-0.2, -0.15) is 0 Å². The molecule has 2 aliphatic rings. The van der Waals surface area contributed by atoms with Crippen molar-refractivity contribution in [3.8, 4) is 11.3 Å². The molecule has 104 valence electrons. The number of rotatable bonds is 2. The number of hydrogen-bond donors (Lipinski definition) is 2. The predicted molar refractivity (Wildman–Crippen MR) is 80.7 cm³/mol. The molecule has 0 spiro atoms. The molecule has 0 saturated carbocycles. The van der Waals surface area contributed by atoms with Crippen molar-refractivity contribution in [3.05, 3.63) is 39.8 Å². The van der Waals surface area contributed by atoms with E-state index in [0.717, 1.165) is 30.9 Å². The number of methoxy groups -OCH3 is 1. The zero-order valence-corrected chi connectivity index (χ0v) is 12.8. The molecule has 1 aromatic carbocycles. The van der Waals surface area contributed by atoms with Gasteiger partial charge < -0.3 is 15.0 Å². The number of ether oxygens (including phenoxy) is 1. The molecule has 2 atom stereocenters. The van der Waals surface area contributed by atoms with Gasteiger partial charge in [0.05, 0.1) is 17.8 Å². The van der Waals surface area contributed by atoms with Crippen molar-refractivity contribution in [2.75, 3.05) is 13.7 Å². The fraction of sp³-hybridized carbons (Fsp3) is 0.400. The first-order valence-electron chi connectivity index (χ1n) is 6.89. The topological polar surface area (TPSA) is 49.9 Å². The van der Waals surface area contributed by atoms with E-state index in [2.05, 4.69) is 44.4 Å². The average Bonchev–Trinajstić information content (AvgIpc) is 3.12. The zero-order chi connectivity index (χ0) is 13.7. The number of aromatic nitrogens is 2. The summed E-state index contributed by atoms with van der Waals surface area (Å²) in [6, 6.07) is 6.59. The van der Waals surface area contributed by atoms with E-state index in [4.69, 9.17) is 9.72 Å². The Bertz CT molecular complexity index is 667. The van der Waals surface area contributed by atoms with E-state index < -0.39 is 0 Å². The van der Waals surface area contributed by atoms with Gasteiger partial charge in [0, 0.05) is 35.8 Å². The fourth-order valence-electron chi connectivity index (χ4n) is 3.17. The molecule has 0 radical (unpaired) electrons. The van der Waals surface area contributed by atoms with Crippen LogP contribution >= 0.6 is 15.9 Å². The monoisotopic (exact) mass is 333 g/mol. The summed E-state index contributed by atoms with van der Waals surface area (Å²) in [6.07, 6.45) is 2.20. The van der Waals surface area contributed by atoms with Gasteiger partial charge in [0.1, 0.15) is 5.82 Å². The van der Waals surface area contributed by atoms with Crippen molar-refractivity contribution in [3.63, 3.8) is 0 Å². The number of halogens is 1. The number of H-pyrrole nitrogens is 1. The van der Waals surface area contributed by atoms with Gasteiger partial charge in [-0.3, -0.25) is 0 Å². The number of nitrogens with one attached hydrogen (secondary N) is 2. The first kappa shape index (κ1) is 12.6. The molecule has 4 rings (SSSR count). The van der Waals surface area contributed by atoms with E-state index in [1.807, 2.05) is 0 Å². The summed E-state index contributed by atoms with van der Waals surface area (Å²) in [5.74, 6) is 1.04. The van der Waals surface area contributed by atoms with Gasteiger partial charge in [0.25, 0.3) is 0 Å². The predicted octanol–water partition coefficient (Wildman–Crippen LogP) is 2.79. The molecule has 20 heavy (non-hydrogen) atoms. The average molecular weight is 334 g/mol. The van der Waals surface area contributed by atoms with Crippen molar-refractivity contribution in [1.29, 1.82) is 0 Å². The standard InChI is InChI=1S/C15H16BrN3O/c1-20-8-5-13(17-7-8)15-18-12-6-10-9(14(12)19-15)3-2-4-11(10)16/h2-4,8,13,17H,5-7H2,1H3,(H,18,19). The Morgan fingerprint density at radius 1 is 1.40 bits per heavy atom. The molecular formula is C15H16BrN3O. The lowest BCUT2D eigenvalue weighted by atomic mass is 10.1. The maximum absolute atomic E-state index is 5.40. The Morgan fingerprint density at radius 3 is 3.10 bits per heavy atom. The van der Waals surface area contributed by atoms with Crippen LogP contribution in [0.2, 0.25) is 0 Å². The number of hydrogen-bond acceptors (Lipinski definition) is 3. The molecule has 5 heteroatoms. The summed E-state index contributed by atoms with van der Waals surface area (Å²) in [5.41, 5.74) is 4.92. The van der Waals surface area contributed by atoms with Gasteiger partial charge in [-0.1, -0.05) is 28.1 Å². The molecule has 1 aliphatic carbocycles. The van der Waals surface area contributed by atoms with Crippen molar-refractivity contribution in [1.82, 2.24) is 15.3 Å². The summed E-state index contributed by atoms with van der Waals surface area (Å²) >= 11 is 3.62. The van der Waals surface area contributed by atoms with E-state index in [-0.39, 0.29) is 6.04 Å². The number of aromatic amines is 1. The minimum atomic E-state index is 0.279. The van der Waals surface area contributed by atoms with Crippen LogP contribution in [0.5, 0.6) is 0 Å². The van der Waals surface area contributed by atoms with Crippen LogP contribution < -0.4 is 5.32 Å². The van der Waals surface area contributed by atoms with E-state index in [1.165, 1.54) is 21.3 Å². The SMILES string of the molecule is COC1CNC(c2nc3c([nH]2)Cc2c(Br)cccc2-3)C1. The van der Waals surface area contributed by atoms with Gasteiger partial charge in [-0.15, -0.1) is 0 Å². The highest BCUT2D eigenvalue weighted by Crippen LogP contribution is 2.39. The summed E-state index contributed by atoms with van der Waals surface area (Å²) in [6.45, 7) is 0.897. The van der Waals surface area contributed by atoms with Crippen molar-refractivity contribution < 1.29 is 4.74 Å². The maximum Gasteiger partial charge on any atom is 0.124 e. The molecule has 1 saturated heterocycles. The van der Waals surface area contributed by atoms with Crippen LogP contribution in [0.1, 0.15) is 29.5 Å². The Balaban J connectivity index is 1.68. The Labute approximate surface area is 126 Å². The van der Waals surface area contributed by atoms with Crippen LogP contribution in [0.25, 0.3) is 11.3 Å². The summed E-state index contributed by atoms with van der Waals surface area (Å²) in [7, 11) is 1.77. The molecule has 1 aromatic heterocycles. The smallest absolute Gasteiger partial charge is 0.124 e. The Hall–Kier alpha value is -1.17. The minimum Gasteiger partial charge on any atom is -0.380 e.